The molecule has 0 saturated carbocycles. The monoisotopic (exact) mass is 584 g/mol. The number of urea groups is 1. The summed E-state index contributed by atoms with van der Waals surface area (Å²) in [6.07, 6.45) is -1.14. The van der Waals surface area contributed by atoms with Crippen LogP contribution >= 0.6 is 11.9 Å². The third kappa shape index (κ3) is 9.25. The summed E-state index contributed by atoms with van der Waals surface area (Å²) in [6, 6.07) is 19.0. The lowest BCUT2D eigenvalue weighted by atomic mass is 10.1. The number of aromatic nitrogens is 3. The van der Waals surface area contributed by atoms with Gasteiger partial charge in [0.05, 0.1) is 5.69 Å². The maximum atomic E-state index is 12.4. The van der Waals surface area contributed by atoms with Crippen LogP contribution in [0.3, 0.4) is 0 Å². The Labute approximate surface area is 240 Å². The average molecular weight is 585 g/mol. The van der Waals surface area contributed by atoms with Gasteiger partial charge < -0.3 is 15.4 Å². The summed E-state index contributed by atoms with van der Waals surface area (Å²) in [4.78, 5) is 17.7. The molecule has 0 aliphatic rings. The molecule has 1 heterocycles. The molecule has 0 aliphatic heterocycles. The Morgan fingerprint density at radius 3 is 2.46 bits per heavy atom. The minimum Gasteiger partial charge on any atom is -0.406 e. The predicted octanol–water partition coefficient (Wildman–Crippen LogP) is 6.19. The topological polar surface area (TPSA) is 93.1 Å². The Kier molecular flexibility index (Phi) is 10.3. The largest absolute Gasteiger partial charge is 0.573 e. The number of halogens is 3. The normalized spacial score (nSPS) is 11.3. The molecule has 3 N–H and O–H groups in total. The maximum absolute atomic E-state index is 12.4. The van der Waals surface area contributed by atoms with Crippen molar-refractivity contribution in [1.29, 1.82) is 0 Å². The molecule has 0 atom stereocenters. The van der Waals surface area contributed by atoms with E-state index in [1.54, 1.807) is 11.9 Å². The summed E-state index contributed by atoms with van der Waals surface area (Å²) in [7, 11) is 0. The van der Waals surface area contributed by atoms with Gasteiger partial charge in [-0.25, -0.2) is 14.5 Å². The number of hydrogen-bond donors (Lipinski definition) is 3. The molecule has 1 aromatic heterocycles. The van der Waals surface area contributed by atoms with Gasteiger partial charge in [0.2, 0.25) is 0 Å². The molecule has 0 radical (unpaired) electrons. The van der Waals surface area contributed by atoms with Crippen LogP contribution in [0, 0.1) is 6.92 Å². The molecule has 12 heteroatoms. The van der Waals surface area contributed by atoms with Crippen LogP contribution in [0.25, 0.3) is 17.1 Å². The highest BCUT2D eigenvalue weighted by atomic mass is 32.2. The predicted molar refractivity (Wildman–Crippen MR) is 153 cm³/mol. The standard InChI is InChI=1S/C29H31F3N6O2S/c1-3-4-22-8-5-20(2)17-26(22)41-36-16-15-33-28(39)34-18-21-6-9-23(10-7-21)27-35-19-38(37-27)24-11-13-25(14-12-24)40-29(30,31)32/h5-14,17,19,36H,3-4,15-16,18H2,1-2H3,(H2,33,34,39). The summed E-state index contributed by atoms with van der Waals surface area (Å²) in [6.45, 7) is 5.71. The van der Waals surface area contributed by atoms with Crippen LogP contribution in [-0.2, 0) is 13.0 Å². The molecule has 3 aromatic carbocycles. The number of amides is 2. The van der Waals surface area contributed by atoms with Gasteiger partial charge in [-0.05, 0) is 72.3 Å². The molecule has 0 fully saturated rings. The van der Waals surface area contributed by atoms with Crippen LogP contribution in [0.1, 0.15) is 30.0 Å². The molecule has 2 amide bonds. The molecule has 0 unspecified atom stereocenters. The van der Waals surface area contributed by atoms with E-state index in [-0.39, 0.29) is 11.8 Å². The van der Waals surface area contributed by atoms with Crippen LogP contribution < -0.4 is 20.1 Å². The van der Waals surface area contributed by atoms with Gasteiger partial charge in [0, 0.05) is 30.1 Å². The Bertz CT molecular complexity index is 1430. The molecule has 8 nitrogen and oxygen atoms in total. The smallest absolute Gasteiger partial charge is 0.406 e. The quantitative estimate of drug-likeness (QED) is 0.136. The van der Waals surface area contributed by atoms with E-state index < -0.39 is 6.36 Å². The Morgan fingerprint density at radius 2 is 1.76 bits per heavy atom. The second-order valence-corrected chi connectivity index (χ2v) is 10.2. The third-order valence-corrected chi connectivity index (χ3v) is 6.88. The molecule has 0 spiro atoms. The second-order valence-electron chi connectivity index (χ2n) is 9.22. The van der Waals surface area contributed by atoms with Crippen molar-refractivity contribution in [2.24, 2.45) is 0 Å². The molecule has 0 saturated heterocycles. The van der Waals surface area contributed by atoms with Crippen molar-refractivity contribution in [3.63, 3.8) is 0 Å². The summed E-state index contributed by atoms with van der Waals surface area (Å²) in [5.74, 6) is 0.143. The first kappa shape index (κ1) is 29.9. The van der Waals surface area contributed by atoms with Crippen molar-refractivity contribution < 1.29 is 22.7 Å². The summed E-state index contributed by atoms with van der Waals surface area (Å²) < 4.78 is 45.7. The summed E-state index contributed by atoms with van der Waals surface area (Å²) >= 11 is 1.59. The van der Waals surface area contributed by atoms with Crippen molar-refractivity contribution in [1.82, 2.24) is 30.1 Å². The first-order valence-electron chi connectivity index (χ1n) is 13.1. The molecule has 0 aliphatic carbocycles. The van der Waals surface area contributed by atoms with Gasteiger partial charge in [-0.2, -0.15) is 0 Å². The van der Waals surface area contributed by atoms with Crippen molar-refractivity contribution in [3.05, 3.63) is 89.7 Å². The van der Waals surface area contributed by atoms with Gasteiger partial charge in [0.15, 0.2) is 5.82 Å². The van der Waals surface area contributed by atoms with Gasteiger partial charge >= 0.3 is 12.4 Å². The highest BCUT2D eigenvalue weighted by molar-refractivity contribution is 7.97. The van der Waals surface area contributed by atoms with Gasteiger partial charge in [0.1, 0.15) is 12.1 Å². The minimum atomic E-state index is -4.75. The van der Waals surface area contributed by atoms with E-state index in [2.05, 4.69) is 62.2 Å². The zero-order valence-electron chi connectivity index (χ0n) is 22.7. The number of carbonyl (C=O) groups excluding carboxylic acids is 1. The highest BCUT2D eigenvalue weighted by Gasteiger charge is 2.31. The lowest BCUT2D eigenvalue weighted by Crippen LogP contribution is -2.38. The highest BCUT2D eigenvalue weighted by Crippen LogP contribution is 2.25. The molecular weight excluding hydrogens is 553 g/mol. The second kappa shape index (κ2) is 14.0. The van der Waals surface area contributed by atoms with Gasteiger partial charge in [-0.3, -0.25) is 4.72 Å². The summed E-state index contributed by atoms with van der Waals surface area (Å²) in [5, 5.41) is 10.1. The van der Waals surface area contributed by atoms with Crippen molar-refractivity contribution >= 4 is 18.0 Å². The van der Waals surface area contributed by atoms with Crippen LogP contribution in [0.2, 0.25) is 0 Å². The van der Waals surface area contributed by atoms with E-state index >= 15 is 0 Å². The number of nitrogens with one attached hydrogen (secondary N) is 3. The first-order chi connectivity index (χ1) is 19.7. The van der Waals surface area contributed by atoms with E-state index in [1.165, 1.54) is 51.3 Å². The van der Waals surface area contributed by atoms with Crippen LogP contribution in [0.4, 0.5) is 18.0 Å². The lowest BCUT2D eigenvalue weighted by molar-refractivity contribution is -0.274. The van der Waals surface area contributed by atoms with Crippen molar-refractivity contribution in [2.75, 3.05) is 13.1 Å². The maximum Gasteiger partial charge on any atom is 0.573 e. The fourth-order valence-corrected chi connectivity index (χ4v) is 4.83. The van der Waals surface area contributed by atoms with Crippen LogP contribution in [-0.4, -0.2) is 40.2 Å². The number of carbonyl (C=O) groups is 1. The van der Waals surface area contributed by atoms with Gasteiger partial charge in [0.25, 0.3) is 0 Å². The fourth-order valence-electron chi connectivity index (χ4n) is 3.93. The van der Waals surface area contributed by atoms with Crippen molar-refractivity contribution in [2.45, 2.75) is 44.5 Å². The first-order valence-corrected chi connectivity index (χ1v) is 13.9. The average Bonchev–Trinajstić information content (AvgIpc) is 3.43. The number of nitrogens with zero attached hydrogens (tertiary/aromatic N) is 3. The Hall–Kier alpha value is -4.03. The van der Waals surface area contributed by atoms with E-state index in [1.807, 2.05) is 24.3 Å². The van der Waals surface area contributed by atoms with Crippen molar-refractivity contribution in [3.8, 4) is 22.8 Å². The van der Waals surface area contributed by atoms with E-state index in [0.717, 1.165) is 24.0 Å². The molecule has 4 rings (SSSR count). The fraction of sp³-hybridized carbons (Fsp3) is 0.276. The summed E-state index contributed by atoms with van der Waals surface area (Å²) in [5.41, 5.74) is 4.74. The molecule has 0 bridgehead atoms. The number of benzene rings is 3. The van der Waals surface area contributed by atoms with E-state index in [4.69, 9.17) is 0 Å². The zero-order valence-corrected chi connectivity index (χ0v) is 23.5. The van der Waals surface area contributed by atoms with E-state index in [0.29, 0.717) is 31.1 Å². The van der Waals surface area contributed by atoms with Crippen LogP contribution in [0.5, 0.6) is 5.75 Å². The van der Waals surface area contributed by atoms with Gasteiger partial charge in [-0.15, -0.1) is 18.3 Å². The Morgan fingerprint density at radius 1 is 1.00 bits per heavy atom. The molecule has 216 valence electrons. The number of rotatable bonds is 12. The lowest BCUT2D eigenvalue weighted by Gasteiger charge is -2.11. The molecular formula is C29H31F3N6O2S. The third-order valence-electron chi connectivity index (χ3n) is 5.93. The molecule has 41 heavy (non-hydrogen) atoms. The zero-order chi connectivity index (χ0) is 29.2. The number of ether oxygens (including phenoxy) is 1. The molecule has 4 aromatic rings. The van der Waals surface area contributed by atoms with E-state index in [9.17, 15) is 18.0 Å². The number of hydrogen-bond acceptors (Lipinski definition) is 6. The minimum absolute atomic E-state index is 0.254. The number of aryl methyl sites for hydroxylation is 2. The van der Waals surface area contributed by atoms with Gasteiger partial charge in [-0.1, -0.05) is 49.7 Å². The van der Waals surface area contributed by atoms with Crippen LogP contribution in [0.15, 0.2) is 78.0 Å². The SMILES string of the molecule is CCCc1ccc(C)cc1SNCCNC(=O)NCc1ccc(-c2ncn(-c3ccc(OC(F)(F)F)cc3)n2)cc1. The number of alkyl halides is 3. The Balaban J connectivity index is 1.19.